The van der Waals surface area contributed by atoms with E-state index in [2.05, 4.69) is 29.2 Å². The Hall–Kier alpha value is -3.15. The number of likely N-dealkylation sites (tertiary alicyclic amines) is 1. The first-order chi connectivity index (χ1) is 16.2. The highest BCUT2D eigenvalue weighted by molar-refractivity contribution is 5.94. The minimum Gasteiger partial charge on any atom is -0.497 e. The summed E-state index contributed by atoms with van der Waals surface area (Å²) in [6.45, 7) is 3.62. The fourth-order valence-corrected chi connectivity index (χ4v) is 4.34. The number of carbonyl (C=O) groups is 1. The summed E-state index contributed by atoms with van der Waals surface area (Å²) < 4.78 is 10.8. The van der Waals surface area contributed by atoms with Gasteiger partial charge in [0, 0.05) is 30.1 Å². The maximum absolute atomic E-state index is 13.0. The van der Waals surface area contributed by atoms with E-state index in [1.165, 1.54) is 31.2 Å². The Morgan fingerprint density at radius 2 is 1.76 bits per heavy atom. The summed E-state index contributed by atoms with van der Waals surface area (Å²) in [7, 11) is 1.64. The highest BCUT2D eigenvalue weighted by Gasteiger charge is 2.28. The number of nitrogens with zero attached hydrogens (tertiary/aromatic N) is 3. The van der Waals surface area contributed by atoms with Crippen LogP contribution >= 0.6 is 0 Å². The van der Waals surface area contributed by atoms with Gasteiger partial charge in [0.25, 0.3) is 5.91 Å². The molecule has 0 N–H and O–H groups in total. The Bertz CT molecular complexity index is 1020. The lowest BCUT2D eigenvalue weighted by Crippen LogP contribution is -2.38. The highest BCUT2D eigenvalue weighted by atomic mass is 16.5. The van der Waals surface area contributed by atoms with Gasteiger partial charge in [-0.05, 0) is 67.6 Å². The van der Waals surface area contributed by atoms with Crippen LogP contribution in [0.5, 0.6) is 5.75 Å². The first kappa shape index (κ1) is 23.0. The second-order valence-electron chi connectivity index (χ2n) is 8.76. The molecular formula is C27H33N3O3. The number of ether oxygens (including phenoxy) is 1. The Morgan fingerprint density at radius 3 is 2.42 bits per heavy atom. The van der Waals surface area contributed by atoms with Crippen LogP contribution in [0.4, 0.5) is 0 Å². The van der Waals surface area contributed by atoms with Crippen LogP contribution in [0.2, 0.25) is 0 Å². The van der Waals surface area contributed by atoms with Crippen molar-refractivity contribution >= 4 is 5.91 Å². The average molecular weight is 448 g/mol. The number of aromatic nitrogens is 2. The smallest absolute Gasteiger partial charge is 0.253 e. The lowest BCUT2D eigenvalue weighted by atomic mass is 9.96. The lowest BCUT2D eigenvalue weighted by Gasteiger charge is -2.30. The van der Waals surface area contributed by atoms with Crippen molar-refractivity contribution in [3.8, 4) is 17.1 Å². The number of hydrogen-bond donors (Lipinski definition) is 0. The fraction of sp³-hybridized carbons (Fsp3) is 0.444. The summed E-state index contributed by atoms with van der Waals surface area (Å²) in [5, 5.41) is 4.15. The molecule has 1 aromatic heterocycles. The molecule has 1 aliphatic heterocycles. The van der Waals surface area contributed by atoms with Crippen molar-refractivity contribution in [3.63, 3.8) is 0 Å². The van der Waals surface area contributed by atoms with Crippen LogP contribution in [0.1, 0.15) is 73.2 Å². The van der Waals surface area contributed by atoms with E-state index in [1.807, 2.05) is 41.3 Å². The molecule has 0 aliphatic carbocycles. The normalized spacial score (nSPS) is 14.4. The van der Waals surface area contributed by atoms with Crippen LogP contribution in [-0.2, 0) is 6.42 Å². The number of methoxy groups -OCH3 is 1. The predicted molar refractivity (Wildman–Crippen MR) is 128 cm³/mol. The van der Waals surface area contributed by atoms with Crippen LogP contribution in [0.3, 0.4) is 0 Å². The molecule has 0 spiro atoms. The molecule has 0 unspecified atom stereocenters. The summed E-state index contributed by atoms with van der Waals surface area (Å²) in [6.07, 6.45) is 7.76. The molecule has 174 valence electrons. The maximum Gasteiger partial charge on any atom is 0.253 e. The standard InChI is InChI=1S/C27H33N3O3/c1-3-4-5-6-7-20-8-10-23(11-9-20)27(31)30-18-16-22(17-19-30)26-28-25(29-33-26)21-12-14-24(32-2)15-13-21/h8-15,22H,3-7,16-19H2,1-2H3. The largest absolute Gasteiger partial charge is 0.497 e. The van der Waals surface area contributed by atoms with Crippen LogP contribution < -0.4 is 4.74 Å². The van der Waals surface area contributed by atoms with E-state index >= 15 is 0 Å². The monoisotopic (exact) mass is 447 g/mol. The van der Waals surface area contributed by atoms with Gasteiger partial charge in [0.2, 0.25) is 11.7 Å². The van der Waals surface area contributed by atoms with Gasteiger partial charge in [-0.25, -0.2) is 0 Å². The van der Waals surface area contributed by atoms with Gasteiger partial charge < -0.3 is 14.2 Å². The van der Waals surface area contributed by atoms with Crippen molar-refractivity contribution in [3.05, 3.63) is 65.5 Å². The molecule has 2 aromatic carbocycles. The van der Waals surface area contributed by atoms with Gasteiger partial charge in [-0.3, -0.25) is 4.79 Å². The van der Waals surface area contributed by atoms with E-state index in [0.29, 0.717) is 24.8 Å². The van der Waals surface area contributed by atoms with Gasteiger partial charge in [0.05, 0.1) is 7.11 Å². The molecule has 2 heterocycles. The third-order valence-corrected chi connectivity index (χ3v) is 6.44. The van der Waals surface area contributed by atoms with Gasteiger partial charge in [0.15, 0.2) is 0 Å². The summed E-state index contributed by atoms with van der Waals surface area (Å²) in [5.41, 5.74) is 2.97. The quantitative estimate of drug-likeness (QED) is 0.383. The number of amides is 1. The molecule has 0 atom stereocenters. The van der Waals surface area contributed by atoms with E-state index in [9.17, 15) is 4.79 Å². The molecule has 1 fully saturated rings. The van der Waals surface area contributed by atoms with Crippen LogP contribution in [0.25, 0.3) is 11.4 Å². The molecule has 33 heavy (non-hydrogen) atoms. The van der Waals surface area contributed by atoms with Crippen molar-refractivity contribution in [2.24, 2.45) is 0 Å². The summed E-state index contributed by atoms with van der Waals surface area (Å²) >= 11 is 0. The molecular weight excluding hydrogens is 414 g/mol. The van der Waals surface area contributed by atoms with Gasteiger partial charge in [0.1, 0.15) is 5.75 Å². The van der Waals surface area contributed by atoms with E-state index in [4.69, 9.17) is 9.26 Å². The predicted octanol–water partition coefficient (Wildman–Crippen LogP) is 5.89. The van der Waals surface area contributed by atoms with Crippen LogP contribution in [0.15, 0.2) is 53.1 Å². The van der Waals surface area contributed by atoms with Gasteiger partial charge in [-0.1, -0.05) is 43.5 Å². The van der Waals surface area contributed by atoms with Gasteiger partial charge in [-0.2, -0.15) is 4.98 Å². The van der Waals surface area contributed by atoms with Crippen molar-refractivity contribution in [2.75, 3.05) is 20.2 Å². The first-order valence-electron chi connectivity index (χ1n) is 12.0. The van der Waals surface area contributed by atoms with Crippen LogP contribution in [0, 0.1) is 0 Å². The molecule has 0 saturated carbocycles. The third kappa shape index (κ3) is 5.81. The molecule has 6 nitrogen and oxygen atoms in total. The minimum absolute atomic E-state index is 0.107. The Morgan fingerprint density at radius 1 is 1.03 bits per heavy atom. The van der Waals surface area contributed by atoms with Gasteiger partial charge >= 0.3 is 0 Å². The number of benzene rings is 2. The number of unbranched alkanes of at least 4 members (excludes halogenated alkanes) is 3. The van der Waals surface area contributed by atoms with E-state index in [1.54, 1.807) is 7.11 Å². The number of carbonyl (C=O) groups excluding carboxylic acids is 1. The number of aryl methyl sites for hydroxylation is 1. The molecule has 4 rings (SSSR count). The molecule has 0 radical (unpaired) electrons. The summed E-state index contributed by atoms with van der Waals surface area (Å²) in [5.74, 6) is 2.32. The van der Waals surface area contributed by atoms with Crippen LogP contribution in [-0.4, -0.2) is 41.1 Å². The van der Waals surface area contributed by atoms with E-state index in [-0.39, 0.29) is 11.8 Å². The number of rotatable bonds is 9. The zero-order chi connectivity index (χ0) is 23.0. The second kappa shape index (κ2) is 11.1. The van der Waals surface area contributed by atoms with Gasteiger partial charge in [-0.15, -0.1) is 0 Å². The van der Waals surface area contributed by atoms with Crippen molar-refractivity contribution in [1.29, 1.82) is 0 Å². The van der Waals surface area contributed by atoms with E-state index in [0.717, 1.165) is 36.1 Å². The van der Waals surface area contributed by atoms with Crippen molar-refractivity contribution in [2.45, 2.75) is 57.8 Å². The zero-order valence-electron chi connectivity index (χ0n) is 19.6. The molecule has 6 heteroatoms. The molecule has 1 amide bonds. The molecule has 1 saturated heterocycles. The maximum atomic E-state index is 13.0. The highest BCUT2D eigenvalue weighted by Crippen LogP contribution is 2.29. The fourth-order valence-electron chi connectivity index (χ4n) is 4.34. The molecule has 1 aliphatic rings. The Kier molecular flexibility index (Phi) is 7.76. The molecule has 3 aromatic rings. The summed E-state index contributed by atoms with van der Waals surface area (Å²) in [6, 6.07) is 15.8. The molecule has 0 bridgehead atoms. The average Bonchev–Trinajstić information content (AvgIpc) is 3.37. The topological polar surface area (TPSA) is 68.5 Å². The Labute approximate surface area is 196 Å². The first-order valence-corrected chi connectivity index (χ1v) is 12.0. The SMILES string of the molecule is CCCCCCc1ccc(C(=O)N2CCC(c3nc(-c4ccc(OC)cc4)no3)CC2)cc1. The van der Waals surface area contributed by atoms with Crippen molar-refractivity contribution < 1.29 is 14.1 Å². The van der Waals surface area contributed by atoms with Crippen molar-refractivity contribution in [1.82, 2.24) is 15.0 Å². The third-order valence-electron chi connectivity index (χ3n) is 6.44. The lowest BCUT2D eigenvalue weighted by molar-refractivity contribution is 0.0704. The Balaban J connectivity index is 1.29. The second-order valence-corrected chi connectivity index (χ2v) is 8.76. The van der Waals surface area contributed by atoms with E-state index < -0.39 is 0 Å². The summed E-state index contributed by atoms with van der Waals surface area (Å²) in [4.78, 5) is 19.5. The zero-order valence-corrected chi connectivity index (χ0v) is 19.6. The number of hydrogen-bond acceptors (Lipinski definition) is 5. The number of piperidine rings is 1. The minimum atomic E-state index is 0.107.